The van der Waals surface area contributed by atoms with Crippen LogP contribution in [0.3, 0.4) is 0 Å². The van der Waals surface area contributed by atoms with E-state index < -0.39 is 18.0 Å². The number of para-hydroxylation sites is 1. The largest absolute Gasteiger partial charge is 0.449 e. The number of aromatic nitrogens is 2. The fourth-order valence-corrected chi connectivity index (χ4v) is 5.82. The minimum atomic E-state index is -0.984. The van der Waals surface area contributed by atoms with Crippen LogP contribution in [0.5, 0.6) is 0 Å². The van der Waals surface area contributed by atoms with Gasteiger partial charge < -0.3 is 4.74 Å². The third kappa shape index (κ3) is 5.40. The maximum atomic E-state index is 13.6. The number of ether oxygens (including phenoxy) is 1. The standard InChI is InChI=1S/C28H26Cl2N4O3S/c1-3-24(26(35)33-28-32-23(15-38-28)17-10-9-16(29)13-20(17)30)37-27(36)25-18-7-5-6-8-21(18)31-22-11-12-34(4-2)14-19(22)25/h5-10,13,15,24H,3-4,11-12,14H2,1-2H3,(H,32,33,35). The van der Waals surface area contributed by atoms with Crippen LogP contribution in [0.1, 0.15) is 41.9 Å². The Morgan fingerprint density at radius 2 is 1.97 bits per heavy atom. The fourth-order valence-electron chi connectivity index (χ4n) is 4.60. The molecule has 1 amide bonds. The summed E-state index contributed by atoms with van der Waals surface area (Å²) in [5.41, 5.74) is 4.35. The molecule has 0 saturated heterocycles. The van der Waals surface area contributed by atoms with E-state index in [2.05, 4.69) is 22.1 Å². The van der Waals surface area contributed by atoms with E-state index in [-0.39, 0.29) is 0 Å². The van der Waals surface area contributed by atoms with Gasteiger partial charge in [-0.15, -0.1) is 11.3 Å². The van der Waals surface area contributed by atoms with Gasteiger partial charge in [-0.3, -0.25) is 20.0 Å². The van der Waals surface area contributed by atoms with Gasteiger partial charge in [-0.25, -0.2) is 9.78 Å². The van der Waals surface area contributed by atoms with E-state index in [0.29, 0.717) is 45.0 Å². The molecule has 1 N–H and O–H groups in total. The van der Waals surface area contributed by atoms with Gasteiger partial charge in [0.2, 0.25) is 0 Å². The van der Waals surface area contributed by atoms with E-state index in [9.17, 15) is 9.59 Å². The molecule has 1 unspecified atom stereocenters. The normalized spacial score (nSPS) is 14.2. The second-order valence-corrected chi connectivity index (χ2v) is 10.7. The molecular weight excluding hydrogens is 543 g/mol. The van der Waals surface area contributed by atoms with Gasteiger partial charge in [0.25, 0.3) is 5.91 Å². The lowest BCUT2D eigenvalue weighted by atomic mass is 9.95. The van der Waals surface area contributed by atoms with Crippen LogP contribution in [0.2, 0.25) is 10.0 Å². The van der Waals surface area contributed by atoms with Crippen molar-refractivity contribution in [3.63, 3.8) is 0 Å². The molecule has 1 atom stereocenters. The predicted octanol–water partition coefficient (Wildman–Crippen LogP) is 6.62. The average Bonchev–Trinajstić information content (AvgIpc) is 3.37. The maximum Gasteiger partial charge on any atom is 0.340 e. The van der Waals surface area contributed by atoms with Crippen LogP contribution in [0.25, 0.3) is 22.2 Å². The third-order valence-corrected chi connectivity index (χ3v) is 7.94. The van der Waals surface area contributed by atoms with Gasteiger partial charge in [0, 0.05) is 52.1 Å². The van der Waals surface area contributed by atoms with Gasteiger partial charge in [0.15, 0.2) is 11.2 Å². The Bertz CT molecular complexity index is 1520. The van der Waals surface area contributed by atoms with Crippen molar-refractivity contribution in [2.45, 2.75) is 39.3 Å². The molecule has 4 aromatic rings. The molecule has 0 radical (unpaired) electrons. The predicted molar refractivity (Wildman–Crippen MR) is 152 cm³/mol. The summed E-state index contributed by atoms with van der Waals surface area (Å²) >= 11 is 13.6. The van der Waals surface area contributed by atoms with Crippen LogP contribution < -0.4 is 5.32 Å². The number of nitrogens with one attached hydrogen (secondary N) is 1. The highest BCUT2D eigenvalue weighted by Crippen LogP contribution is 2.33. The number of carbonyl (C=O) groups excluding carboxylic acids is 2. The van der Waals surface area contributed by atoms with Gasteiger partial charge >= 0.3 is 5.97 Å². The molecule has 0 bridgehead atoms. The number of benzene rings is 2. The van der Waals surface area contributed by atoms with Crippen molar-refractivity contribution in [3.8, 4) is 11.3 Å². The SMILES string of the molecule is CCC(OC(=O)c1c2c(nc3ccccc13)CCN(CC)C2)C(=O)Nc1nc(-c2ccc(Cl)cc2Cl)cs1. The minimum Gasteiger partial charge on any atom is -0.449 e. The second-order valence-electron chi connectivity index (χ2n) is 9.00. The summed E-state index contributed by atoms with van der Waals surface area (Å²) in [5, 5.41) is 6.70. The quantitative estimate of drug-likeness (QED) is 0.252. The number of likely N-dealkylation sites (N-methyl/N-ethyl adjacent to an activating group) is 1. The van der Waals surface area contributed by atoms with Crippen molar-refractivity contribution >= 4 is 62.4 Å². The molecular formula is C28H26Cl2N4O3S. The molecule has 1 aliphatic rings. The lowest BCUT2D eigenvalue weighted by molar-refractivity contribution is -0.124. The molecule has 0 fully saturated rings. The highest BCUT2D eigenvalue weighted by molar-refractivity contribution is 7.14. The zero-order valence-electron chi connectivity index (χ0n) is 21.0. The number of hydrogen-bond donors (Lipinski definition) is 1. The van der Waals surface area contributed by atoms with Crippen LogP contribution in [-0.2, 0) is 22.5 Å². The molecule has 38 heavy (non-hydrogen) atoms. The van der Waals surface area contributed by atoms with Crippen LogP contribution in [0.4, 0.5) is 5.13 Å². The van der Waals surface area contributed by atoms with E-state index >= 15 is 0 Å². The number of esters is 1. The zero-order chi connectivity index (χ0) is 26.8. The van der Waals surface area contributed by atoms with Crippen molar-refractivity contribution in [2.24, 2.45) is 0 Å². The van der Waals surface area contributed by atoms with Gasteiger partial charge in [-0.05, 0) is 37.2 Å². The molecule has 5 rings (SSSR count). The van der Waals surface area contributed by atoms with Gasteiger partial charge in [0.1, 0.15) is 0 Å². The third-order valence-electron chi connectivity index (χ3n) is 6.63. The van der Waals surface area contributed by atoms with E-state index in [1.54, 1.807) is 30.5 Å². The molecule has 2 aromatic carbocycles. The number of nitrogens with zero attached hydrogens (tertiary/aromatic N) is 3. The van der Waals surface area contributed by atoms with E-state index in [1.807, 2.05) is 24.3 Å². The van der Waals surface area contributed by atoms with Gasteiger partial charge in [0.05, 0.1) is 21.8 Å². The van der Waals surface area contributed by atoms with Crippen LogP contribution in [0.15, 0.2) is 47.8 Å². The first-order valence-corrected chi connectivity index (χ1v) is 14.1. The van der Waals surface area contributed by atoms with Crippen molar-refractivity contribution in [1.29, 1.82) is 0 Å². The molecule has 7 nitrogen and oxygen atoms in total. The Morgan fingerprint density at radius 3 is 2.74 bits per heavy atom. The number of fused-ring (bicyclic) bond motifs is 2. The highest BCUT2D eigenvalue weighted by Gasteiger charge is 2.29. The molecule has 0 saturated carbocycles. The number of carbonyl (C=O) groups is 2. The molecule has 1 aliphatic heterocycles. The molecule has 3 heterocycles. The molecule has 2 aromatic heterocycles. The number of hydrogen-bond acceptors (Lipinski definition) is 7. The van der Waals surface area contributed by atoms with E-state index in [4.69, 9.17) is 32.9 Å². The summed E-state index contributed by atoms with van der Waals surface area (Å²) in [6, 6.07) is 12.7. The molecule has 196 valence electrons. The summed E-state index contributed by atoms with van der Waals surface area (Å²) < 4.78 is 5.83. The Balaban J connectivity index is 1.37. The second kappa shape index (κ2) is 11.4. The number of thiazole rings is 1. The van der Waals surface area contributed by atoms with Crippen molar-refractivity contribution < 1.29 is 14.3 Å². The number of pyridine rings is 1. The lowest BCUT2D eigenvalue weighted by Gasteiger charge is -2.29. The summed E-state index contributed by atoms with van der Waals surface area (Å²) in [4.78, 5) is 38.3. The van der Waals surface area contributed by atoms with Crippen LogP contribution in [0, 0.1) is 0 Å². The van der Waals surface area contributed by atoms with E-state index in [1.165, 1.54) is 11.3 Å². The summed E-state index contributed by atoms with van der Waals surface area (Å²) in [7, 11) is 0. The first-order valence-electron chi connectivity index (χ1n) is 12.4. The highest BCUT2D eigenvalue weighted by atomic mass is 35.5. The Kier molecular flexibility index (Phi) is 7.95. The molecule has 0 aliphatic carbocycles. The van der Waals surface area contributed by atoms with Crippen LogP contribution >= 0.6 is 34.5 Å². The lowest BCUT2D eigenvalue weighted by Crippen LogP contribution is -2.35. The summed E-state index contributed by atoms with van der Waals surface area (Å²) in [6.45, 7) is 6.28. The molecule has 10 heteroatoms. The Labute approximate surface area is 234 Å². The Morgan fingerprint density at radius 1 is 1.16 bits per heavy atom. The topological polar surface area (TPSA) is 84.4 Å². The van der Waals surface area contributed by atoms with Crippen molar-refractivity contribution in [1.82, 2.24) is 14.9 Å². The van der Waals surface area contributed by atoms with Crippen molar-refractivity contribution in [3.05, 3.63) is 74.7 Å². The van der Waals surface area contributed by atoms with E-state index in [0.717, 1.165) is 41.7 Å². The zero-order valence-corrected chi connectivity index (χ0v) is 23.3. The van der Waals surface area contributed by atoms with Crippen LogP contribution in [-0.4, -0.2) is 45.9 Å². The first-order chi connectivity index (χ1) is 18.4. The monoisotopic (exact) mass is 568 g/mol. The first kappa shape index (κ1) is 26.6. The number of rotatable bonds is 7. The Hall–Kier alpha value is -3.04. The minimum absolute atomic E-state index is 0.311. The van der Waals surface area contributed by atoms with Gasteiger partial charge in [-0.1, -0.05) is 55.2 Å². The number of anilines is 1. The smallest absolute Gasteiger partial charge is 0.340 e. The average molecular weight is 570 g/mol. The van der Waals surface area contributed by atoms with Crippen molar-refractivity contribution in [2.75, 3.05) is 18.4 Å². The number of amides is 1. The maximum absolute atomic E-state index is 13.6. The molecule has 0 spiro atoms. The fraction of sp³-hybridized carbons (Fsp3) is 0.286. The summed E-state index contributed by atoms with van der Waals surface area (Å²) in [5.74, 6) is -0.959. The van der Waals surface area contributed by atoms with Gasteiger partial charge in [-0.2, -0.15) is 0 Å². The number of halogens is 2. The summed E-state index contributed by atoms with van der Waals surface area (Å²) in [6.07, 6.45) is 0.0867.